The van der Waals surface area contributed by atoms with E-state index in [4.69, 9.17) is 4.74 Å². The molecule has 0 unspecified atom stereocenters. The van der Waals surface area contributed by atoms with Crippen LogP contribution in [0.2, 0.25) is 0 Å². The first-order chi connectivity index (χ1) is 10.6. The average Bonchev–Trinajstić information content (AvgIpc) is 3.15. The molecule has 1 aromatic heterocycles. The Morgan fingerprint density at radius 1 is 1.32 bits per heavy atom. The minimum atomic E-state index is -3.55. The molecule has 2 atom stereocenters. The number of nitrogens with one attached hydrogen (secondary N) is 1. The number of ether oxygens (including phenoxy) is 1. The lowest BCUT2D eigenvalue weighted by molar-refractivity contribution is 0.0917. The molecule has 0 radical (unpaired) electrons. The molecule has 118 valence electrons. The number of benzene rings is 1. The Kier molecular flexibility index (Phi) is 4.28. The summed E-state index contributed by atoms with van der Waals surface area (Å²) in [6, 6.07) is 11.4. The van der Waals surface area contributed by atoms with Crippen LogP contribution in [0, 0.1) is 5.92 Å². The largest absolute Gasteiger partial charge is 0.373 e. The molecule has 0 amide bonds. The van der Waals surface area contributed by atoms with Gasteiger partial charge in [-0.2, -0.15) is 5.10 Å². The zero-order valence-electron chi connectivity index (χ0n) is 12.3. The topological polar surface area (TPSA) is 73.2 Å². The quantitative estimate of drug-likeness (QED) is 0.905. The number of nitrogens with zero attached hydrogens (tertiary/aromatic N) is 2. The first-order valence-electron chi connectivity index (χ1n) is 7.22. The summed E-state index contributed by atoms with van der Waals surface area (Å²) in [7, 11) is -1.93. The van der Waals surface area contributed by atoms with Crippen molar-refractivity contribution in [3.8, 4) is 0 Å². The molecule has 1 fully saturated rings. The van der Waals surface area contributed by atoms with Crippen LogP contribution in [0.25, 0.3) is 0 Å². The van der Waals surface area contributed by atoms with Gasteiger partial charge in [0.2, 0.25) is 0 Å². The highest BCUT2D eigenvalue weighted by Crippen LogP contribution is 2.34. The van der Waals surface area contributed by atoms with Crippen molar-refractivity contribution < 1.29 is 13.2 Å². The Labute approximate surface area is 130 Å². The molecule has 1 saturated heterocycles. The van der Waals surface area contributed by atoms with Crippen molar-refractivity contribution in [3.63, 3.8) is 0 Å². The van der Waals surface area contributed by atoms with Gasteiger partial charge in [0.25, 0.3) is 10.0 Å². The molecular weight excluding hydrogens is 302 g/mol. The third-order valence-electron chi connectivity index (χ3n) is 3.93. The van der Waals surface area contributed by atoms with E-state index >= 15 is 0 Å². The standard InChI is InChI=1S/C15H19N3O3S/c1-18-14(7-9-16-18)22(19,20)17-11-13-8-10-21-15(13)12-5-3-2-4-6-12/h2-7,9,13,15,17H,8,10-11H2,1H3/t13-,15-/m0/s1. The molecule has 0 spiro atoms. The van der Waals surface area contributed by atoms with Gasteiger partial charge in [0.05, 0.1) is 12.3 Å². The Bertz CT molecular complexity index is 728. The van der Waals surface area contributed by atoms with Crippen LogP contribution in [0.5, 0.6) is 0 Å². The summed E-state index contributed by atoms with van der Waals surface area (Å²) in [4.78, 5) is 0. The van der Waals surface area contributed by atoms with Crippen LogP contribution in [0.4, 0.5) is 0 Å². The predicted molar refractivity (Wildman–Crippen MR) is 81.6 cm³/mol. The molecule has 2 aromatic rings. The van der Waals surface area contributed by atoms with Crippen molar-refractivity contribution in [1.82, 2.24) is 14.5 Å². The third kappa shape index (κ3) is 3.06. The van der Waals surface area contributed by atoms with E-state index in [-0.39, 0.29) is 17.0 Å². The van der Waals surface area contributed by atoms with E-state index in [0.29, 0.717) is 13.2 Å². The highest BCUT2D eigenvalue weighted by atomic mass is 32.2. The van der Waals surface area contributed by atoms with Gasteiger partial charge in [0.15, 0.2) is 5.03 Å². The number of rotatable bonds is 5. The molecule has 0 aliphatic carbocycles. The zero-order chi connectivity index (χ0) is 15.6. The highest BCUT2D eigenvalue weighted by molar-refractivity contribution is 7.89. The third-order valence-corrected chi connectivity index (χ3v) is 5.43. The van der Waals surface area contributed by atoms with Gasteiger partial charge in [-0.3, -0.25) is 4.68 Å². The fraction of sp³-hybridized carbons (Fsp3) is 0.400. The average molecular weight is 321 g/mol. The van der Waals surface area contributed by atoms with Gasteiger partial charge in [0.1, 0.15) is 0 Å². The fourth-order valence-corrected chi connectivity index (χ4v) is 3.99. The summed E-state index contributed by atoms with van der Waals surface area (Å²) < 4.78 is 34.4. The van der Waals surface area contributed by atoms with E-state index in [1.807, 2.05) is 30.3 Å². The second kappa shape index (κ2) is 6.20. The molecule has 22 heavy (non-hydrogen) atoms. The smallest absolute Gasteiger partial charge is 0.257 e. The van der Waals surface area contributed by atoms with Gasteiger partial charge in [-0.25, -0.2) is 13.1 Å². The number of sulfonamides is 1. The molecule has 1 aromatic carbocycles. The molecule has 1 aliphatic heterocycles. The van der Waals surface area contributed by atoms with Crippen LogP contribution in [-0.2, 0) is 21.8 Å². The summed E-state index contributed by atoms with van der Waals surface area (Å²) in [5.41, 5.74) is 1.09. The number of hydrogen-bond acceptors (Lipinski definition) is 4. The lowest BCUT2D eigenvalue weighted by Gasteiger charge is -2.19. The van der Waals surface area contributed by atoms with E-state index < -0.39 is 10.0 Å². The molecule has 1 aliphatic rings. The lowest BCUT2D eigenvalue weighted by Crippen LogP contribution is -2.31. The van der Waals surface area contributed by atoms with E-state index in [0.717, 1.165) is 12.0 Å². The monoisotopic (exact) mass is 321 g/mol. The normalized spacial score (nSPS) is 22.0. The Morgan fingerprint density at radius 2 is 2.09 bits per heavy atom. The maximum atomic E-state index is 12.3. The van der Waals surface area contributed by atoms with Gasteiger partial charge in [-0.05, 0) is 18.1 Å². The van der Waals surface area contributed by atoms with Crippen LogP contribution >= 0.6 is 0 Å². The number of hydrogen-bond donors (Lipinski definition) is 1. The van der Waals surface area contributed by atoms with Gasteiger partial charge < -0.3 is 4.74 Å². The predicted octanol–water partition coefficient (Wildman–Crippen LogP) is 1.48. The Balaban J connectivity index is 1.70. The molecule has 1 N–H and O–H groups in total. The van der Waals surface area contributed by atoms with Crippen LogP contribution in [0.1, 0.15) is 18.1 Å². The minimum Gasteiger partial charge on any atom is -0.373 e. The molecule has 7 heteroatoms. The summed E-state index contributed by atoms with van der Waals surface area (Å²) in [5, 5.41) is 4.07. The molecule has 6 nitrogen and oxygen atoms in total. The van der Waals surface area contributed by atoms with Gasteiger partial charge >= 0.3 is 0 Å². The van der Waals surface area contributed by atoms with Gasteiger partial charge in [0, 0.05) is 26.1 Å². The van der Waals surface area contributed by atoms with Gasteiger partial charge in [-0.1, -0.05) is 30.3 Å². The number of aryl methyl sites for hydroxylation is 1. The van der Waals surface area contributed by atoms with Crippen LogP contribution in [0.3, 0.4) is 0 Å². The second-order valence-corrected chi connectivity index (χ2v) is 7.11. The minimum absolute atomic E-state index is 0.0598. The maximum Gasteiger partial charge on any atom is 0.257 e. The van der Waals surface area contributed by atoms with Crippen LogP contribution in [-0.4, -0.2) is 31.3 Å². The van der Waals surface area contributed by atoms with Crippen molar-refractivity contribution in [2.75, 3.05) is 13.2 Å². The van der Waals surface area contributed by atoms with Crippen molar-refractivity contribution >= 4 is 10.0 Å². The summed E-state index contributed by atoms with van der Waals surface area (Å²) in [5.74, 6) is 0.130. The SMILES string of the molecule is Cn1nccc1S(=O)(=O)NC[C@@H]1CCO[C@H]1c1ccccc1. The Hall–Kier alpha value is -1.70. The van der Waals surface area contributed by atoms with E-state index in [9.17, 15) is 8.42 Å². The second-order valence-electron chi connectivity index (χ2n) is 5.40. The molecule has 0 saturated carbocycles. The maximum absolute atomic E-state index is 12.3. The van der Waals surface area contributed by atoms with Gasteiger partial charge in [-0.15, -0.1) is 0 Å². The summed E-state index contributed by atoms with van der Waals surface area (Å²) in [6.45, 7) is 1.00. The van der Waals surface area contributed by atoms with E-state index in [1.54, 1.807) is 7.05 Å². The van der Waals surface area contributed by atoms with Crippen molar-refractivity contribution in [2.45, 2.75) is 17.6 Å². The molecule has 0 bridgehead atoms. The highest BCUT2D eigenvalue weighted by Gasteiger charge is 2.31. The van der Waals surface area contributed by atoms with E-state index in [2.05, 4.69) is 9.82 Å². The van der Waals surface area contributed by atoms with Crippen molar-refractivity contribution in [2.24, 2.45) is 13.0 Å². The Morgan fingerprint density at radius 3 is 2.77 bits per heavy atom. The van der Waals surface area contributed by atoms with E-state index in [1.165, 1.54) is 16.9 Å². The summed E-state index contributed by atoms with van der Waals surface area (Å²) in [6.07, 6.45) is 2.25. The first-order valence-corrected chi connectivity index (χ1v) is 8.70. The zero-order valence-corrected chi connectivity index (χ0v) is 13.2. The molecule has 2 heterocycles. The number of aromatic nitrogens is 2. The lowest BCUT2D eigenvalue weighted by atomic mass is 9.96. The molecular formula is C15H19N3O3S. The van der Waals surface area contributed by atoms with Crippen molar-refractivity contribution in [1.29, 1.82) is 0 Å². The first kappa shape index (κ1) is 15.2. The molecule has 3 rings (SSSR count). The van der Waals surface area contributed by atoms with Crippen LogP contribution < -0.4 is 4.72 Å². The summed E-state index contributed by atoms with van der Waals surface area (Å²) >= 11 is 0. The fourth-order valence-electron chi connectivity index (χ4n) is 2.77. The van der Waals surface area contributed by atoms with Crippen molar-refractivity contribution in [3.05, 3.63) is 48.2 Å². The van der Waals surface area contributed by atoms with Crippen LogP contribution in [0.15, 0.2) is 47.6 Å².